The van der Waals surface area contributed by atoms with Gasteiger partial charge in [-0.3, -0.25) is 10.1 Å². The van der Waals surface area contributed by atoms with Crippen molar-refractivity contribution >= 4 is 29.1 Å². The van der Waals surface area contributed by atoms with Gasteiger partial charge in [-0.1, -0.05) is 23.2 Å². The summed E-state index contributed by atoms with van der Waals surface area (Å²) in [6.45, 7) is 1.05. The highest BCUT2D eigenvalue weighted by Crippen LogP contribution is 2.41. The minimum atomic E-state index is -0.167. The Morgan fingerprint density at radius 3 is 2.90 bits per heavy atom. The Hall–Kier alpha value is -0.970. The van der Waals surface area contributed by atoms with E-state index in [1.807, 2.05) is 4.90 Å². The Morgan fingerprint density at radius 2 is 2.10 bits per heavy atom. The molecule has 0 aromatic heterocycles. The van der Waals surface area contributed by atoms with Crippen LogP contribution in [-0.2, 0) is 4.79 Å². The van der Waals surface area contributed by atoms with Crippen molar-refractivity contribution in [2.75, 3.05) is 13.1 Å². The van der Waals surface area contributed by atoms with Crippen molar-refractivity contribution in [1.29, 1.82) is 0 Å². The number of carbonyl (C=O) groups excluding carboxylic acids is 1. The number of nitrogens with zero attached hydrogens (tertiary/aromatic N) is 1. The molecule has 0 saturated carbocycles. The molecule has 0 bridgehead atoms. The molecule has 0 spiro atoms. The van der Waals surface area contributed by atoms with E-state index >= 15 is 0 Å². The zero-order chi connectivity index (χ0) is 14.3. The highest BCUT2D eigenvalue weighted by Gasteiger charge is 2.39. The van der Waals surface area contributed by atoms with Gasteiger partial charge in [0.15, 0.2) is 0 Å². The molecule has 1 aromatic carbocycles. The van der Waals surface area contributed by atoms with E-state index in [1.165, 1.54) is 0 Å². The Morgan fingerprint density at radius 1 is 1.30 bits per heavy atom. The summed E-state index contributed by atoms with van der Waals surface area (Å²) in [6, 6.07) is 3.00. The Kier molecular flexibility index (Phi) is 3.80. The molecule has 1 aromatic rings. The number of piperidine rings is 1. The second kappa shape index (κ2) is 5.43. The molecule has 2 heterocycles. The van der Waals surface area contributed by atoms with Gasteiger partial charge in [-0.05, 0) is 31.4 Å². The fraction of sp³-hybridized carbons (Fsp3) is 0.500. The van der Waals surface area contributed by atoms with E-state index in [9.17, 15) is 9.90 Å². The van der Waals surface area contributed by atoms with Gasteiger partial charge in [0.2, 0.25) is 5.91 Å². The first-order valence-electron chi connectivity index (χ1n) is 6.79. The van der Waals surface area contributed by atoms with Gasteiger partial charge in [0.25, 0.3) is 0 Å². The lowest BCUT2D eigenvalue weighted by atomic mass is 9.88. The first-order valence-corrected chi connectivity index (χ1v) is 7.55. The number of hydrogen-bond donors (Lipinski definition) is 2. The Bertz CT molecular complexity index is 550. The van der Waals surface area contributed by atoms with Crippen molar-refractivity contribution in [3.8, 4) is 5.75 Å². The molecule has 3 rings (SSSR count). The number of fused-ring (bicyclic) bond motifs is 1. The smallest absolute Gasteiger partial charge is 0.236 e. The van der Waals surface area contributed by atoms with E-state index < -0.39 is 0 Å². The van der Waals surface area contributed by atoms with Crippen LogP contribution in [0.15, 0.2) is 12.1 Å². The fourth-order valence-electron chi connectivity index (χ4n) is 3.19. The molecule has 108 valence electrons. The number of amides is 1. The van der Waals surface area contributed by atoms with Crippen LogP contribution in [-0.4, -0.2) is 35.0 Å². The highest BCUT2D eigenvalue weighted by atomic mass is 35.5. The van der Waals surface area contributed by atoms with E-state index in [1.54, 1.807) is 12.1 Å². The maximum atomic E-state index is 12.0. The van der Waals surface area contributed by atoms with Gasteiger partial charge < -0.3 is 10.0 Å². The predicted molar refractivity (Wildman–Crippen MR) is 78.2 cm³/mol. The molecule has 0 aliphatic carbocycles. The van der Waals surface area contributed by atoms with Crippen molar-refractivity contribution in [1.82, 2.24) is 10.2 Å². The number of halogens is 2. The van der Waals surface area contributed by atoms with Crippen LogP contribution in [0.1, 0.15) is 30.9 Å². The first kappa shape index (κ1) is 14.0. The molecular formula is C14H16Cl2N2O2. The summed E-state index contributed by atoms with van der Waals surface area (Å²) >= 11 is 12.3. The minimum Gasteiger partial charge on any atom is -0.508 e. The molecule has 4 nitrogen and oxygen atoms in total. The molecular weight excluding hydrogens is 299 g/mol. The number of carbonyl (C=O) groups is 1. The van der Waals surface area contributed by atoms with Crippen molar-refractivity contribution in [3.05, 3.63) is 27.7 Å². The van der Waals surface area contributed by atoms with Crippen LogP contribution in [0.25, 0.3) is 0 Å². The lowest BCUT2D eigenvalue weighted by Crippen LogP contribution is -2.58. The van der Waals surface area contributed by atoms with Crippen LogP contribution in [0.5, 0.6) is 5.75 Å². The van der Waals surface area contributed by atoms with E-state index in [2.05, 4.69) is 5.32 Å². The minimum absolute atomic E-state index is 0.0341. The van der Waals surface area contributed by atoms with Crippen molar-refractivity contribution < 1.29 is 9.90 Å². The molecule has 2 N–H and O–H groups in total. The standard InChI is InChI=1S/C14H16Cl2N2O2/c15-8-4-5-10(19)12(13(8)16)14-9-3-1-2-6-18(9)11(20)7-17-14/h4-5,9,14,17,19H,1-3,6-7H2. The SMILES string of the molecule is O=C1CNC(c2c(O)ccc(Cl)c2Cl)C2CCCCN12. The molecule has 20 heavy (non-hydrogen) atoms. The third-order valence-electron chi connectivity index (χ3n) is 4.15. The average Bonchev–Trinajstić information content (AvgIpc) is 2.46. The third-order valence-corrected chi connectivity index (χ3v) is 4.97. The molecule has 2 aliphatic rings. The van der Waals surface area contributed by atoms with Crippen LogP contribution in [0.2, 0.25) is 10.0 Å². The molecule has 2 fully saturated rings. The van der Waals surface area contributed by atoms with Crippen LogP contribution in [0.3, 0.4) is 0 Å². The number of hydrogen-bond acceptors (Lipinski definition) is 3. The Labute approximate surface area is 127 Å². The fourth-order valence-corrected chi connectivity index (χ4v) is 3.64. The summed E-state index contributed by atoms with van der Waals surface area (Å²) in [5.74, 6) is 0.236. The molecule has 2 atom stereocenters. The summed E-state index contributed by atoms with van der Waals surface area (Å²) in [7, 11) is 0. The molecule has 1 amide bonds. The maximum Gasteiger partial charge on any atom is 0.236 e. The highest BCUT2D eigenvalue weighted by molar-refractivity contribution is 6.42. The average molecular weight is 315 g/mol. The number of benzene rings is 1. The number of phenols is 1. The summed E-state index contributed by atoms with van der Waals surface area (Å²) in [6.07, 6.45) is 3.02. The number of phenolic OH excluding ortho intramolecular Hbond substituents is 1. The number of nitrogens with one attached hydrogen (secondary N) is 1. The second-order valence-electron chi connectivity index (χ2n) is 5.30. The largest absolute Gasteiger partial charge is 0.508 e. The third kappa shape index (κ3) is 2.26. The van der Waals surface area contributed by atoms with Crippen LogP contribution < -0.4 is 5.32 Å². The van der Waals surface area contributed by atoms with Gasteiger partial charge in [0, 0.05) is 12.1 Å². The second-order valence-corrected chi connectivity index (χ2v) is 6.09. The van der Waals surface area contributed by atoms with Crippen LogP contribution in [0.4, 0.5) is 0 Å². The summed E-state index contributed by atoms with van der Waals surface area (Å²) in [5, 5.41) is 14.1. The lowest BCUT2D eigenvalue weighted by Gasteiger charge is -2.45. The van der Waals surface area contributed by atoms with Gasteiger partial charge in [-0.15, -0.1) is 0 Å². The van der Waals surface area contributed by atoms with E-state index in [0.717, 1.165) is 25.8 Å². The van der Waals surface area contributed by atoms with Gasteiger partial charge in [0.1, 0.15) is 5.75 Å². The van der Waals surface area contributed by atoms with Crippen molar-refractivity contribution in [3.63, 3.8) is 0 Å². The van der Waals surface area contributed by atoms with Gasteiger partial charge in [-0.2, -0.15) is 0 Å². The lowest BCUT2D eigenvalue weighted by molar-refractivity contribution is -0.138. The molecule has 2 saturated heterocycles. The number of rotatable bonds is 1. The van der Waals surface area contributed by atoms with Crippen LogP contribution >= 0.6 is 23.2 Å². The number of aromatic hydroxyl groups is 1. The van der Waals surface area contributed by atoms with Crippen molar-refractivity contribution in [2.24, 2.45) is 0 Å². The monoisotopic (exact) mass is 314 g/mol. The summed E-state index contributed by atoms with van der Waals surface area (Å²) < 4.78 is 0. The van der Waals surface area contributed by atoms with E-state index in [4.69, 9.17) is 23.2 Å². The molecule has 0 radical (unpaired) electrons. The normalized spacial score (nSPS) is 26.5. The van der Waals surface area contributed by atoms with Gasteiger partial charge in [0.05, 0.1) is 28.7 Å². The quantitative estimate of drug-likeness (QED) is 0.838. The maximum absolute atomic E-state index is 12.0. The van der Waals surface area contributed by atoms with Gasteiger partial charge in [-0.25, -0.2) is 0 Å². The Balaban J connectivity index is 2.01. The van der Waals surface area contributed by atoms with Crippen LogP contribution in [0, 0.1) is 0 Å². The van der Waals surface area contributed by atoms with Gasteiger partial charge >= 0.3 is 0 Å². The zero-order valence-electron chi connectivity index (χ0n) is 10.9. The van der Waals surface area contributed by atoms with Crippen molar-refractivity contribution in [2.45, 2.75) is 31.3 Å². The van der Waals surface area contributed by atoms with E-state index in [-0.39, 0.29) is 30.3 Å². The predicted octanol–water partition coefficient (Wildman–Crippen LogP) is 2.72. The first-order chi connectivity index (χ1) is 9.59. The summed E-state index contributed by atoms with van der Waals surface area (Å²) in [4.78, 5) is 13.9. The molecule has 2 aliphatic heterocycles. The zero-order valence-corrected chi connectivity index (χ0v) is 12.4. The molecule has 6 heteroatoms. The summed E-state index contributed by atoms with van der Waals surface area (Å²) in [5.41, 5.74) is 0.601. The topological polar surface area (TPSA) is 52.6 Å². The number of piperazine rings is 1. The molecule has 2 unspecified atom stereocenters. The van der Waals surface area contributed by atoms with E-state index in [0.29, 0.717) is 15.6 Å².